The fourth-order valence-electron chi connectivity index (χ4n) is 2.22. The van der Waals surface area contributed by atoms with E-state index in [1.165, 1.54) is 6.92 Å². The molecule has 0 spiro atoms. The van der Waals surface area contributed by atoms with Gasteiger partial charge in [0.25, 0.3) is 5.91 Å². The van der Waals surface area contributed by atoms with E-state index in [0.29, 0.717) is 11.3 Å². The lowest BCUT2D eigenvalue weighted by atomic mass is 10.1. The van der Waals surface area contributed by atoms with E-state index >= 15 is 0 Å². The number of benzene rings is 1. The van der Waals surface area contributed by atoms with Crippen LogP contribution in [0.3, 0.4) is 0 Å². The highest BCUT2D eigenvalue weighted by Gasteiger charge is 2.34. The topological polar surface area (TPSA) is 86.7 Å². The molecule has 1 aromatic rings. The van der Waals surface area contributed by atoms with E-state index in [1.807, 2.05) is 0 Å². The number of carboxylic acid groups (broad SMARTS) is 1. The van der Waals surface area contributed by atoms with Crippen molar-refractivity contribution in [2.45, 2.75) is 32.7 Å². The van der Waals surface area contributed by atoms with Gasteiger partial charge in [-0.15, -0.1) is 0 Å². The number of hydrogen-bond donors (Lipinski definition) is 2. The highest BCUT2D eigenvalue weighted by Crippen LogP contribution is 2.29. The molecule has 6 nitrogen and oxygen atoms in total. The first kappa shape index (κ1) is 16.0. The molecule has 1 aliphatic rings. The zero-order chi connectivity index (χ0) is 16.3. The lowest BCUT2D eigenvalue weighted by Crippen LogP contribution is -2.38. The number of carbonyl (C=O) groups excluding carboxylic acids is 2. The number of aliphatic carboxylic acids is 1. The summed E-state index contributed by atoms with van der Waals surface area (Å²) in [6, 6.07) is 6.77. The van der Waals surface area contributed by atoms with E-state index < -0.39 is 11.9 Å². The molecule has 22 heavy (non-hydrogen) atoms. The van der Waals surface area contributed by atoms with Gasteiger partial charge >= 0.3 is 5.97 Å². The predicted octanol–water partition coefficient (Wildman–Crippen LogP) is 1.97. The van der Waals surface area contributed by atoms with Crippen molar-refractivity contribution in [3.05, 3.63) is 29.8 Å². The maximum absolute atomic E-state index is 12.6. The standard InChI is InChI=1S/C16H20N2O4/c1-10(16(21)22)9-18(14-7-8-14)15(20)12-3-5-13(6-4-12)17-11(2)19/h3-6,10,14H,7-9H2,1-2H3,(H,17,19)(H,21,22). The van der Waals surface area contributed by atoms with Crippen LogP contribution in [0.1, 0.15) is 37.0 Å². The van der Waals surface area contributed by atoms with E-state index in [1.54, 1.807) is 36.1 Å². The molecule has 0 aromatic heterocycles. The molecule has 1 saturated carbocycles. The van der Waals surface area contributed by atoms with Crippen molar-refractivity contribution in [2.75, 3.05) is 11.9 Å². The fourth-order valence-corrected chi connectivity index (χ4v) is 2.22. The van der Waals surface area contributed by atoms with Crippen LogP contribution in [0, 0.1) is 5.92 Å². The summed E-state index contributed by atoms with van der Waals surface area (Å²) in [5, 5.41) is 11.7. The Morgan fingerprint density at radius 1 is 1.27 bits per heavy atom. The zero-order valence-electron chi connectivity index (χ0n) is 12.7. The van der Waals surface area contributed by atoms with Crippen molar-refractivity contribution in [1.82, 2.24) is 4.90 Å². The van der Waals surface area contributed by atoms with Crippen LogP contribution >= 0.6 is 0 Å². The third-order valence-corrected chi connectivity index (χ3v) is 3.59. The third kappa shape index (κ3) is 4.07. The Hall–Kier alpha value is -2.37. The molecule has 0 heterocycles. The molecule has 1 aliphatic carbocycles. The summed E-state index contributed by atoms with van der Waals surface area (Å²) in [5.74, 6) is -1.83. The van der Waals surface area contributed by atoms with Crippen LogP contribution in [-0.2, 0) is 9.59 Å². The highest BCUT2D eigenvalue weighted by atomic mass is 16.4. The second-order valence-corrected chi connectivity index (χ2v) is 5.69. The van der Waals surface area contributed by atoms with Gasteiger partial charge in [0.15, 0.2) is 0 Å². The summed E-state index contributed by atoms with van der Waals surface area (Å²) in [6.07, 6.45) is 1.84. The molecular weight excluding hydrogens is 284 g/mol. The molecule has 0 radical (unpaired) electrons. The smallest absolute Gasteiger partial charge is 0.308 e. The molecule has 2 N–H and O–H groups in total. The molecule has 1 atom stereocenters. The Morgan fingerprint density at radius 3 is 2.32 bits per heavy atom. The summed E-state index contributed by atoms with van der Waals surface area (Å²) in [5.41, 5.74) is 1.12. The second-order valence-electron chi connectivity index (χ2n) is 5.69. The van der Waals surface area contributed by atoms with Gasteiger partial charge in [-0.2, -0.15) is 0 Å². The third-order valence-electron chi connectivity index (χ3n) is 3.59. The summed E-state index contributed by atoms with van der Waals surface area (Å²) in [6.45, 7) is 3.23. The summed E-state index contributed by atoms with van der Waals surface area (Å²) >= 11 is 0. The van der Waals surface area contributed by atoms with E-state index in [4.69, 9.17) is 5.11 Å². The van der Waals surface area contributed by atoms with Crippen LogP contribution in [-0.4, -0.2) is 40.4 Å². The number of amides is 2. The number of carboxylic acids is 1. The van der Waals surface area contributed by atoms with Crippen LogP contribution in [0.5, 0.6) is 0 Å². The molecule has 1 unspecified atom stereocenters. The molecule has 2 amide bonds. The quantitative estimate of drug-likeness (QED) is 0.841. The average Bonchev–Trinajstić information content (AvgIpc) is 3.28. The molecule has 6 heteroatoms. The molecule has 0 saturated heterocycles. The van der Waals surface area contributed by atoms with Crippen molar-refractivity contribution in [2.24, 2.45) is 5.92 Å². The van der Waals surface area contributed by atoms with Crippen LogP contribution in [0.25, 0.3) is 0 Å². The van der Waals surface area contributed by atoms with Crippen molar-refractivity contribution in [1.29, 1.82) is 0 Å². The number of nitrogens with zero attached hydrogens (tertiary/aromatic N) is 1. The van der Waals surface area contributed by atoms with Crippen LogP contribution in [0.2, 0.25) is 0 Å². The molecule has 2 rings (SSSR count). The minimum Gasteiger partial charge on any atom is -0.481 e. The Balaban J connectivity index is 2.09. The number of hydrogen-bond acceptors (Lipinski definition) is 3. The number of anilines is 1. The average molecular weight is 304 g/mol. The maximum Gasteiger partial charge on any atom is 0.308 e. The largest absolute Gasteiger partial charge is 0.481 e. The number of rotatable bonds is 6. The van der Waals surface area contributed by atoms with Gasteiger partial charge in [-0.1, -0.05) is 6.92 Å². The summed E-state index contributed by atoms with van der Waals surface area (Å²) < 4.78 is 0. The first-order chi connectivity index (χ1) is 10.4. The molecule has 1 fully saturated rings. The lowest BCUT2D eigenvalue weighted by molar-refractivity contribution is -0.141. The van der Waals surface area contributed by atoms with Gasteiger partial charge in [0.2, 0.25) is 5.91 Å². The van der Waals surface area contributed by atoms with Crippen molar-refractivity contribution in [3.8, 4) is 0 Å². The monoisotopic (exact) mass is 304 g/mol. The molecule has 118 valence electrons. The normalized spacial score (nSPS) is 15.0. The number of nitrogens with one attached hydrogen (secondary N) is 1. The lowest BCUT2D eigenvalue weighted by Gasteiger charge is -2.24. The fraction of sp³-hybridized carbons (Fsp3) is 0.438. The Labute approximate surface area is 129 Å². The Bertz CT molecular complexity index is 578. The van der Waals surface area contributed by atoms with Gasteiger partial charge in [-0.25, -0.2) is 0 Å². The molecule has 0 bridgehead atoms. The van der Waals surface area contributed by atoms with Crippen molar-refractivity contribution in [3.63, 3.8) is 0 Å². The minimum atomic E-state index is -0.903. The predicted molar refractivity (Wildman–Crippen MR) is 81.6 cm³/mol. The van der Waals surface area contributed by atoms with Gasteiger partial charge in [-0.05, 0) is 37.1 Å². The van der Waals surface area contributed by atoms with E-state index in [-0.39, 0.29) is 24.4 Å². The summed E-state index contributed by atoms with van der Waals surface area (Å²) in [7, 11) is 0. The van der Waals surface area contributed by atoms with Gasteiger partial charge in [0, 0.05) is 30.8 Å². The Morgan fingerprint density at radius 2 is 1.86 bits per heavy atom. The molecule has 0 aliphatic heterocycles. The Kier molecular flexibility index (Phi) is 4.80. The van der Waals surface area contributed by atoms with E-state index in [2.05, 4.69) is 5.32 Å². The van der Waals surface area contributed by atoms with Crippen LogP contribution in [0.4, 0.5) is 5.69 Å². The number of carbonyl (C=O) groups is 3. The zero-order valence-corrected chi connectivity index (χ0v) is 12.7. The first-order valence-electron chi connectivity index (χ1n) is 7.30. The van der Waals surface area contributed by atoms with Crippen LogP contribution < -0.4 is 5.32 Å². The summed E-state index contributed by atoms with van der Waals surface area (Å²) in [4.78, 5) is 36.2. The van der Waals surface area contributed by atoms with E-state index in [9.17, 15) is 14.4 Å². The minimum absolute atomic E-state index is 0.143. The van der Waals surface area contributed by atoms with Crippen molar-refractivity contribution >= 4 is 23.5 Å². The second kappa shape index (κ2) is 6.60. The molecule has 1 aromatic carbocycles. The van der Waals surface area contributed by atoms with Gasteiger partial charge < -0.3 is 15.3 Å². The van der Waals surface area contributed by atoms with Crippen molar-refractivity contribution < 1.29 is 19.5 Å². The van der Waals surface area contributed by atoms with Gasteiger partial charge in [0.1, 0.15) is 0 Å². The first-order valence-corrected chi connectivity index (χ1v) is 7.30. The maximum atomic E-state index is 12.6. The highest BCUT2D eigenvalue weighted by molar-refractivity contribution is 5.96. The van der Waals surface area contributed by atoms with Crippen LogP contribution in [0.15, 0.2) is 24.3 Å². The molecular formula is C16H20N2O4. The van der Waals surface area contributed by atoms with E-state index in [0.717, 1.165) is 12.8 Å². The SMILES string of the molecule is CC(=O)Nc1ccc(C(=O)N(CC(C)C(=O)O)C2CC2)cc1. The van der Waals surface area contributed by atoms with Gasteiger partial charge in [-0.3, -0.25) is 14.4 Å². The van der Waals surface area contributed by atoms with Gasteiger partial charge in [0.05, 0.1) is 5.92 Å².